The van der Waals surface area contributed by atoms with Crippen LogP contribution in [-0.4, -0.2) is 23.2 Å². The van der Waals surface area contributed by atoms with Crippen LogP contribution in [0.5, 0.6) is 0 Å². The monoisotopic (exact) mass is 432 g/mol. The fourth-order valence-electron chi connectivity index (χ4n) is 3.45. The first-order valence-electron chi connectivity index (χ1n) is 8.53. The van der Waals surface area contributed by atoms with Crippen LogP contribution in [0.1, 0.15) is 30.9 Å². The Labute approximate surface area is 169 Å². The summed E-state index contributed by atoms with van der Waals surface area (Å²) in [6.45, 7) is 6.32. The number of halogens is 2. The summed E-state index contributed by atoms with van der Waals surface area (Å²) >= 11 is 1.70. The third-order valence-corrected chi connectivity index (χ3v) is 5.61. The smallest absolute Gasteiger partial charge is 0.167 e. The van der Waals surface area contributed by atoms with E-state index in [2.05, 4.69) is 48.4 Å². The number of hydrogen-bond donors (Lipinski definition) is 0. The van der Waals surface area contributed by atoms with Crippen molar-refractivity contribution < 1.29 is 4.39 Å². The first kappa shape index (κ1) is 19.2. The van der Waals surface area contributed by atoms with Gasteiger partial charge >= 0.3 is 0 Å². The molecule has 26 heavy (non-hydrogen) atoms. The number of nitrogens with zero attached hydrogens (tertiary/aromatic N) is 2. The zero-order valence-corrected chi connectivity index (χ0v) is 17.4. The lowest BCUT2D eigenvalue weighted by atomic mass is 9.86. The lowest BCUT2D eigenvalue weighted by Gasteiger charge is -2.38. The van der Waals surface area contributed by atoms with Gasteiger partial charge in [0.2, 0.25) is 0 Å². The Balaban J connectivity index is 0.00000196. The lowest BCUT2D eigenvalue weighted by molar-refractivity contribution is 0.271. The van der Waals surface area contributed by atoms with Crippen molar-refractivity contribution in [3.8, 4) is 0 Å². The van der Waals surface area contributed by atoms with Gasteiger partial charge in [0.05, 0.1) is 0 Å². The van der Waals surface area contributed by atoms with Gasteiger partial charge < -0.3 is 4.90 Å². The van der Waals surface area contributed by atoms with E-state index in [1.807, 2.05) is 18.2 Å². The summed E-state index contributed by atoms with van der Waals surface area (Å²) in [5.41, 5.74) is 3.70. The molecule has 0 saturated heterocycles. The molecule has 0 radical (unpaired) electrons. The van der Waals surface area contributed by atoms with Gasteiger partial charge in [0, 0.05) is 30.1 Å². The quantitative estimate of drug-likeness (QED) is 0.606. The van der Waals surface area contributed by atoms with Crippen LogP contribution >= 0.6 is 28.7 Å². The van der Waals surface area contributed by atoms with E-state index in [1.165, 1.54) is 11.3 Å². The van der Waals surface area contributed by atoms with Crippen molar-refractivity contribution in [3.63, 3.8) is 0 Å². The molecule has 0 aromatic heterocycles. The summed E-state index contributed by atoms with van der Waals surface area (Å²) in [7, 11) is 0. The van der Waals surface area contributed by atoms with Crippen molar-refractivity contribution in [2.24, 2.45) is 10.4 Å². The molecule has 2 aromatic carbocycles. The number of rotatable bonds is 3. The second-order valence-electron chi connectivity index (χ2n) is 7.40. The second-order valence-corrected chi connectivity index (χ2v) is 8.24. The second kappa shape index (κ2) is 7.57. The average molecular weight is 433 g/mol. The molecular formula is C21H22BrFN2S. The summed E-state index contributed by atoms with van der Waals surface area (Å²) in [5.74, 6) is -0.123. The van der Waals surface area contributed by atoms with Gasteiger partial charge in [-0.3, -0.25) is 4.99 Å². The Morgan fingerprint density at radius 1 is 1.04 bits per heavy atom. The van der Waals surface area contributed by atoms with E-state index >= 15 is 0 Å². The van der Waals surface area contributed by atoms with Crippen LogP contribution in [0.15, 0.2) is 70.7 Å². The molecule has 4 rings (SSSR count). The lowest BCUT2D eigenvalue weighted by Crippen LogP contribution is -2.41. The normalized spacial score (nSPS) is 19.1. The number of benzene rings is 2. The zero-order chi connectivity index (χ0) is 17.4. The van der Waals surface area contributed by atoms with Gasteiger partial charge in [-0.1, -0.05) is 68.1 Å². The van der Waals surface area contributed by atoms with Crippen LogP contribution in [0.2, 0.25) is 0 Å². The summed E-state index contributed by atoms with van der Waals surface area (Å²) in [4.78, 5) is 7.11. The van der Waals surface area contributed by atoms with Crippen LogP contribution in [0.3, 0.4) is 0 Å². The molecule has 2 nitrogen and oxygen atoms in total. The largest absolute Gasteiger partial charge is 0.323 e. The third kappa shape index (κ3) is 3.74. The van der Waals surface area contributed by atoms with E-state index < -0.39 is 0 Å². The molecule has 0 aliphatic carbocycles. The highest BCUT2D eigenvalue weighted by Crippen LogP contribution is 2.43. The third-order valence-electron chi connectivity index (χ3n) is 4.69. The molecule has 0 spiro atoms. The summed E-state index contributed by atoms with van der Waals surface area (Å²) in [5, 5.41) is 3.29. The average Bonchev–Trinajstić information content (AvgIpc) is 2.99. The van der Waals surface area contributed by atoms with Crippen molar-refractivity contribution in [2.75, 3.05) is 13.1 Å². The SMILES string of the molecule is Br.CC1(C)CN=C2SC=C(C(c3ccccc3)c3ccc(F)cc3)N2C1. The molecule has 0 bridgehead atoms. The van der Waals surface area contributed by atoms with E-state index in [-0.39, 0.29) is 34.1 Å². The van der Waals surface area contributed by atoms with Crippen LogP contribution in [0, 0.1) is 11.2 Å². The molecule has 2 heterocycles. The van der Waals surface area contributed by atoms with Crippen LogP contribution < -0.4 is 0 Å². The number of thioether (sulfide) groups is 1. The predicted molar refractivity (Wildman–Crippen MR) is 113 cm³/mol. The van der Waals surface area contributed by atoms with Gasteiger partial charge in [-0.25, -0.2) is 4.39 Å². The van der Waals surface area contributed by atoms with Crippen molar-refractivity contribution in [1.82, 2.24) is 4.90 Å². The van der Waals surface area contributed by atoms with Crippen LogP contribution in [0.25, 0.3) is 0 Å². The molecule has 0 saturated carbocycles. The molecule has 0 amide bonds. The van der Waals surface area contributed by atoms with Crippen molar-refractivity contribution in [3.05, 3.63) is 82.6 Å². The number of hydrogen-bond acceptors (Lipinski definition) is 3. The van der Waals surface area contributed by atoms with E-state index in [0.717, 1.165) is 23.8 Å². The molecule has 2 aliphatic heterocycles. The van der Waals surface area contributed by atoms with Gasteiger partial charge in [-0.05, 0) is 28.7 Å². The minimum atomic E-state index is -0.202. The Kier molecular flexibility index (Phi) is 5.58. The molecule has 1 unspecified atom stereocenters. The Morgan fingerprint density at radius 2 is 1.69 bits per heavy atom. The predicted octanol–water partition coefficient (Wildman–Crippen LogP) is 5.82. The summed E-state index contributed by atoms with van der Waals surface area (Å²) < 4.78 is 13.5. The number of aliphatic imine (C=N–C) groups is 1. The van der Waals surface area contributed by atoms with Crippen molar-refractivity contribution in [1.29, 1.82) is 0 Å². The molecule has 0 fully saturated rings. The highest BCUT2D eigenvalue weighted by molar-refractivity contribution is 8.93. The molecule has 0 N–H and O–H groups in total. The number of amidine groups is 1. The maximum atomic E-state index is 13.5. The minimum Gasteiger partial charge on any atom is -0.323 e. The topological polar surface area (TPSA) is 15.6 Å². The maximum Gasteiger partial charge on any atom is 0.167 e. The minimum absolute atomic E-state index is 0. The Hall–Kier alpha value is -1.59. The molecule has 5 heteroatoms. The van der Waals surface area contributed by atoms with E-state index in [1.54, 1.807) is 23.9 Å². The molecule has 1 atom stereocenters. The van der Waals surface area contributed by atoms with Gasteiger partial charge in [0.15, 0.2) is 5.17 Å². The van der Waals surface area contributed by atoms with Gasteiger partial charge in [-0.15, -0.1) is 17.0 Å². The standard InChI is InChI=1S/C21H21FN2S.BrH/c1-21(2)13-23-20-24(14-21)18(12-25-20)19(15-6-4-3-5-7-15)16-8-10-17(22)11-9-16;/h3-12,19H,13-14H2,1-2H3;1H. The summed E-state index contributed by atoms with van der Waals surface area (Å²) in [6.07, 6.45) is 0. The van der Waals surface area contributed by atoms with E-state index in [0.29, 0.717) is 0 Å². The highest BCUT2D eigenvalue weighted by atomic mass is 79.9. The maximum absolute atomic E-state index is 13.5. The molecular weight excluding hydrogens is 411 g/mol. The Bertz CT molecular complexity index is 831. The van der Waals surface area contributed by atoms with Gasteiger partial charge in [0.25, 0.3) is 0 Å². The fourth-order valence-corrected chi connectivity index (χ4v) is 4.38. The van der Waals surface area contributed by atoms with E-state index in [9.17, 15) is 4.39 Å². The van der Waals surface area contributed by atoms with Gasteiger partial charge in [0.1, 0.15) is 5.82 Å². The molecule has 136 valence electrons. The molecule has 2 aliphatic rings. The molecule has 2 aromatic rings. The van der Waals surface area contributed by atoms with Crippen LogP contribution in [0.4, 0.5) is 4.39 Å². The van der Waals surface area contributed by atoms with Gasteiger partial charge in [-0.2, -0.15) is 0 Å². The first-order chi connectivity index (χ1) is 12.0. The fraction of sp³-hybridized carbons (Fsp3) is 0.286. The van der Waals surface area contributed by atoms with E-state index in [4.69, 9.17) is 4.99 Å². The Morgan fingerprint density at radius 3 is 2.38 bits per heavy atom. The first-order valence-corrected chi connectivity index (χ1v) is 9.41. The van der Waals surface area contributed by atoms with Crippen LogP contribution in [-0.2, 0) is 0 Å². The van der Waals surface area contributed by atoms with Crippen molar-refractivity contribution >= 4 is 33.9 Å². The number of allylic oxidation sites excluding steroid dienone is 1. The van der Waals surface area contributed by atoms with Crippen molar-refractivity contribution in [2.45, 2.75) is 19.8 Å². The summed E-state index contributed by atoms with van der Waals surface area (Å²) in [6, 6.07) is 17.3. The zero-order valence-electron chi connectivity index (χ0n) is 14.9. The highest BCUT2D eigenvalue weighted by Gasteiger charge is 2.37. The number of fused-ring (bicyclic) bond motifs is 1.